The topological polar surface area (TPSA) is 94.3 Å². The van der Waals surface area contributed by atoms with Gasteiger partial charge in [0.1, 0.15) is 5.82 Å². The first-order chi connectivity index (χ1) is 13.4. The van der Waals surface area contributed by atoms with Crippen molar-refractivity contribution in [3.63, 3.8) is 0 Å². The van der Waals surface area contributed by atoms with Crippen LogP contribution in [0.15, 0.2) is 55.4 Å². The van der Waals surface area contributed by atoms with Crippen LogP contribution < -0.4 is 5.32 Å². The fourth-order valence-corrected chi connectivity index (χ4v) is 3.21. The quantitative estimate of drug-likeness (QED) is 0.601. The van der Waals surface area contributed by atoms with E-state index in [9.17, 15) is 0 Å². The summed E-state index contributed by atoms with van der Waals surface area (Å²) in [6.45, 7) is 0. The normalized spacial score (nSPS) is 12.7. The molecule has 1 aliphatic carbocycles. The van der Waals surface area contributed by atoms with Gasteiger partial charge in [0, 0.05) is 41.6 Å². The second-order valence-electron chi connectivity index (χ2n) is 6.26. The second-order valence-corrected chi connectivity index (χ2v) is 6.26. The molecule has 132 valence electrons. The summed E-state index contributed by atoms with van der Waals surface area (Å²) in [6.07, 6.45) is 13.5. The van der Waals surface area contributed by atoms with Crippen molar-refractivity contribution in [3.8, 4) is 17.3 Å². The predicted molar refractivity (Wildman–Crippen MR) is 99.7 cm³/mol. The highest BCUT2D eigenvalue weighted by Gasteiger charge is 2.20. The van der Waals surface area contributed by atoms with E-state index >= 15 is 0 Å². The lowest BCUT2D eigenvalue weighted by Gasteiger charge is -2.11. The molecule has 0 unspecified atom stereocenters. The number of aromatic nitrogens is 7. The SMILES string of the molecule is c1cnc(-n2cc(Nc3nc(-c4ccncc4)nc4c3CCC4)cn2)nc1. The van der Waals surface area contributed by atoms with E-state index in [1.807, 2.05) is 18.3 Å². The molecule has 8 heteroatoms. The molecule has 0 radical (unpaired) electrons. The van der Waals surface area contributed by atoms with Crippen LogP contribution in [0.3, 0.4) is 0 Å². The predicted octanol–water partition coefficient (Wildman–Crippen LogP) is 2.75. The van der Waals surface area contributed by atoms with Crippen LogP contribution in [-0.2, 0) is 12.8 Å². The van der Waals surface area contributed by atoms with E-state index < -0.39 is 0 Å². The average Bonchev–Trinajstić information content (AvgIpc) is 3.39. The van der Waals surface area contributed by atoms with Crippen LogP contribution in [0.1, 0.15) is 17.7 Å². The molecule has 0 saturated heterocycles. The Labute approximate surface area is 155 Å². The van der Waals surface area contributed by atoms with E-state index in [1.54, 1.807) is 41.7 Å². The summed E-state index contributed by atoms with van der Waals surface area (Å²) < 4.78 is 1.63. The van der Waals surface area contributed by atoms with Gasteiger partial charge in [0.15, 0.2) is 5.82 Å². The molecule has 4 aromatic heterocycles. The largest absolute Gasteiger partial charge is 0.337 e. The fraction of sp³-hybridized carbons (Fsp3) is 0.158. The molecule has 27 heavy (non-hydrogen) atoms. The first-order valence-corrected chi connectivity index (χ1v) is 8.76. The molecule has 0 aromatic carbocycles. The number of fused-ring (bicyclic) bond motifs is 1. The molecular weight excluding hydrogens is 340 g/mol. The fourth-order valence-electron chi connectivity index (χ4n) is 3.21. The number of pyridine rings is 1. The third-order valence-corrected chi connectivity index (χ3v) is 4.47. The summed E-state index contributed by atoms with van der Waals surface area (Å²) in [6, 6.07) is 5.62. The summed E-state index contributed by atoms with van der Waals surface area (Å²) in [4.78, 5) is 22.0. The van der Waals surface area contributed by atoms with Gasteiger partial charge < -0.3 is 5.32 Å². The van der Waals surface area contributed by atoms with Gasteiger partial charge in [-0.1, -0.05) is 0 Å². The van der Waals surface area contributed by atoms with Crippen molar-refractivity contribution in [2.24, 2.45) is 0 Å². The first-order valence-electron chi connectivity index (χ1n) is 8.76. The van der Waals surface area contributed by atoms with Crippen molar-refractivity contribution in [3.05, 3.63) is 66.6 Å². The maximum Gasteiger partial charge on any atom is 0.250 e. The van der Waals surface area contributed by atoms with Crippen molar-refractivity contribution in [2.45, 2.75) is 19.3 Å². The average molecular weight is 356 g/mol. The summed E-state index contributed by atoms with van der Waals surface area (Å²) in [5.74, 6) is 2.06. The molecule has 0 aliphatic heterocycles. The smallest absolute Gasteiger partial charge is 0.250 e. The van der Waals surface area contributed by atoms with E-state index in [2.05, 4.69) is 25.4 Å². The molecule has 4 aromatic rings. The lowest BCUT2D eigenvalue weighted by atomic mass is 10.2. The van der Waals surface area contributed by atoms with E-state index in [-0.39, 0.29) is 0 Å². The van der Waals surface area contributed by atoms with Gasteiger partial charge in [-0.15, -0.1) is 0 Å². The molecule has 0 amide bonds. The number of nitrogens with one attached hydrogen (secondary N) is 1. The van der Waals surface area contributed by atoms with Gasteiger partial charge in [0.2, 0.25) is 5.95 Å². The number of aryl methyl sites for hydroxylation is 1. The van der Waals surface area contributed by atoms with Gasteiger partial charge in [0.05, 0.1) is 18.1 Å². The minimum Gasteiger partial charge on any atom is -0.337 e. The Balaban J connectivity index is 1.50. The van der Waals surface area contributed by atoms with Crippen LogP contribution in [0.4, 0.5) is 11.5 Å². The molecule has 0 fully saturated rings. The van der Waals surface area contributed by atoms with Gasteiger partial charge in [-0.2, -0.15) is 5.10 Å². The van der Waals surface area contributed by atoms with Crippen LogP contribution in [0, 0.1) is 0 Å². The lowest BCUT2D eigenvalue weighted by molar-refractivity contribution is 0.808. The molecule has 8 nitrogen and oxygen atoms in total. The Bertz CT molecular complexity index is 1080. The van der Waals surface area contributed by atoms with E-state index in [4.69, 9.17) is 9.97 Å². The number of hydrogen-bond acceptors (Lipinski definition) is 7. The summed E-state index contributed by atoms with van der Waals surface area (Å²) >= 11 is 0. The summed E-state index contributed by atoms with van der Waals surface area (Å²) in [7, 11) is 0. The Morgan fingerprint density at radius 2 is 1.81 bits per heavy atom. The van der Waals surface area contributed by atoms with E-state index in [0.29, 0.717) is 11.8 Å². The summed E-state index contributed by atoms with van der Waals surface area (Å²) in [5.41, 5.74) is 4.07. The van der Waals surface area contributed by atoms with Crippen LogP contribution >= 0.6 is 0 Å². The molecule has 0 saturated carbocycles. The Morgan fingerprint density at radius 1 is 0.963 bits per heavy atom. The molecule has 1 aliphatic rings. The van der Waals surface area contributed by atoms with E-state index in [0.717, 1.165) is 42.0 Å². The minimum atomic E-state index is 0.524. The maximum absolute atomic E-state index is 4.77. The molecule has 0 spiro atoms. The standard InChI is InChI=1S/C19H16N8/c1-3-15-16(4-1)25-17(13-5-9-20-10-6-13)26-18(15)24-14-11-23-27(12-14)19-21-7-2-8-22-19/h2,5-12H,1,3-4H2,(H,24,25,26). The molecule has 1 N–H and O–H groups in total. The van der Waals surface area contributed by atoms with Crippen LogP contribution in [0.2, 0.25) is 0 Å². The number of nitrogens with zero attached hydrogens (tertiary/aromatic N) is 7. The molecule has 5 rings (SSSR count). The third kappa shape index (κ3) is 3.01. The van der Waals surface area contributed by atoms with Crippen LogP contribution in [0.25, 0.3) is 17.3 Å². The van der Waals surface area contributed by atoms with Crippen LogP contribution in [-0.4, -0.2) is 34.7 Å². The maximum atomic E-state index is 4.77. The van der Waals surface area contributed by atoms with Gasteiger partial charge in [-0.05, 0) is 37.5 Å². The molecule has 4 heterocycles. The van der Waals surface area contributed by atoms with Crippen molar-refractivity contribution in [1.29, 1.82) is 0 Å². The van der Waals surface area contributed by atoms with Gasteiger partial charge in [-0.3, -0.25) is 4.98 Å². The van der Waals surface area contributed by atoms with Crippen molar-refractivity contribution in [2.75, 3.05) is 5.32 Å². The van der Waals surface area contributed by atoms with Gasteiger partial charge in [-0.25, -0.2) is 24.6 Å². The lowest BCUT2D eigenvalue weighted by Crippen LogP contribution is -2.03. The van der Waals surface area contributed by atoms with Gasteiger partial charge >= 0.3 is 0 Å². The highest BCUT2D eigenvalue weighted by atomic mass is 15.3. The Hall–Kier alpha value is -3.68. The monoisotopic (exact) mass is 356 g/mol. The van der Waals surface area contributed by atoms with Crippen molar-refractivity contribution in [1.82, 2.24) is 34.7 Å². The zero-order valence-electron chi connectivity index (χ0n) is 14.4. The second kappa shape index (κ2) is 6.56. The first kappa shape index (κ1) is 15.6. The summed E-state index contributed by atoms with van der Waals surface area (Å²) in [5, 5.41) is 7.73. The zero-order chi connectivity index (χ0) is 18.1. The number of hydrogen-bond donors (Lipinski definition) is 1. The highest BCUT2D eigenvalue weighted by molar-refractivity contribution is 5.65. The Kier molecular flexibility index (Phi) is 3.78. The van der Waals surface area contributed by atoms with Crippen molar-refractivity contribution >= 4 is 11.5 Å². The van der Waals surface area contributed by atoms with Crippen molar-refractivity contribution < 1.29 is 0 Å². The molecule has 0 bridgehead atoms. The number of rotatable bonds is 4. The number of anilines is 2. The van der Waals surface area contributed by atoms with Crippen LogP contribution in [0.5, 0.6) is 0 Å². The molecular formula is C19H16N8. The van der Waals surface area contributed by atoms with Gasteiger partial charge in [0.25, 0.3) is 0 Å². The minimum absolute atomic E-state index is 0.524. The zero-order valence-corrected chi connectivity index (χ0v) is 14.4. The third-order valence-electron chi connectivity index (χ3n) is 4.47. The molecule has 0 atom stereocenters. The highest BCUT2D eigenvalue weighted by Crippen LogP contribution is 2.30. The van der Waals surface area contributed by atoms with E-state index in [1.165, 1.54) is 5.56 Å². The Morgan fingerprint density at radius 3 is 2.67 bits per heavy atom.